The summed E-state index contributed by atoms with van der Waals surface area (Å²) in [5.41, 5.74) is 0.433. The Hall–Kier alpha value is -2.74. The molecule has 0 bridgehead atoms. The van der Waals surface area contributed by atoms with E-state index in [1.807, 2.05) is 24.3 Å². The highest BCUT2D eigenvalue weighted by atomic mass is 32.1. The second-order valence-electron chi connectivity index (χ2n) is 5.04. The van der Waals surface area contributed by atoms with Gasteiger partial charge in [0.2, 0.25) is 5.91 Å². The number of H-pyrrole nitrogens is 2. The summed E-state index contributed by atoms with van der Waals surface area (Å²) in [6, 6.07) is 7.74. The van der Waals surface area contributed by atoms with Crippen molar-refractivity contribution in [3.8, 4) is 0 Å². The summed E-state index contributed by atoms with van der Waals surface area (Å²) in [6.45, 7) is 1.89. The maximum atomic E-state index is 12.0. The van der Waals surface area contributed by atoms with Crippen LogP contribution in [0.5, 0.6) is 0 Å². The van der Waals surface area contributed by atoms with Crippen molar-refractivity contribution in [2.24, 2.45) is 0 Å². The number of aryl methyl sites for hydroxylation is 1. The highest BCUT2D eigenvalue weighted by molar-refractivity contribution is 7.18. The summed E-state index contributed by atoms with van der Waals surface area (Å²) in [7, 11) is 0. The topological polar surface area (TPSA) is 108 Å². The van der Waals surface area contributed by atoms with Crippen molar-refractivity contribution in [1.29, 1.82) is 0 Å². The molecule has 0 aliphatic rings. The molecule has 0 aliphatic carbocycles. The van der Waals surface area contributed by atoms with Crippen molar-refractivity contribution >= 4 is 27.5 Å². The Labute approximate surface area is 134 Å². The van der Waals surface area contributed by atoms with Crippen LogP contribution in [0.3, 0.4) is 0 Å². The fourth-order valence-corrected chi connectivity index (χ4v) is 3.14. The Kier molecular flexibility index (Phi) is 4.07. The second kappa shape index (κ2) is 6.17. The van der Waals surface area contributed by atoms with Crippen LogP contribution in [0.2, 0.25) is 0 Å². The van der Waals surface area contributed by atoms with Gasteiger partial charge in [-0.25, -0.2) is 9.78 Å². The minimum absolute atomic E-state index is 0.0944. The number of benzene rings is 1. The van der Waals surface area contributed by atoms with E-state index in [2.05, 4.69) is 20.3 Å². The fraction of sp³-hybridized carbons (Fsp3) is 0.200. The summed E-state index contributed by atoms with van der Waals surface area (Å²) in [6.07, 6.45) is -0.0944. The molecule has 3 N–H and O–H groups in total. The number of aromatic nitrogens is 3. The van der Waals surface area contributed by atoms with E-state index in [-0.39, 0.29) is 17.9 Å². The molecule has 1 aromatic carbocycles. The zero-order valence-corrected chi connectivity index (χ0v) is 13.1. The molecule has 3 rings (SSSR count). The lowest BCUT2D eigenvalue weighted by Crippen LogP contribution is -2.32. The lowest BCUT2D eigenvalue weighted by molar-refractivity contribution is -0.120. The third-order valence-corrected chi connectivity index (χ3v) is 4.40. The molecule has 1 amide bonds. The van der Waals surface area contributed by atoms with Gasteiger partial charge in [-0.05, 0) is 19.1 Å². The van der Waals surface area contributed by atoms with Gasteiger partial charge in [-0.1, -0.05) is 12.1 Å². The summed E-state index contributed by atoms with van der Waals surface area (Å²) < 4.78 is 1.06. The average Bonchev–Trinajstić information content (AvgIpc) is 2.91. The standard InChI is InChI=1S/C15H14N4O3S/c1-8-9(14(21)19-15(22)17-8)6-12(20)16-7-13-18-10-4-2-3-5-11(10)23-13/h2-5H,6-7H2,1H3,(H,16,20)(H2,17,19,21,22). The van der Waals surface area contributed by atoms with Gasteiger partial charge in [0.05, 0.1) is 23.2 Å². The molecule has 2 aromatic heterocycles. The molecule has 118 valence electrons. The Morgan fingerprint density at radius 2 is 2.04 bits per heavy atom. The lowest BCUT2D eigenvalue weighted by Gasteiger charge is -2.05. The Bertz CT molecular complexity index is 953. The summed E-state index contributed by atoms with van der Waals surface area (Å²) in [5, 5.41) is 3.54. The molecule has 0 atom stereocenters. The molecule has 7 nitrogen and oxygen atoms in total. The van der Waals surface area contributed by atoms with Gasteiger partial charge in [0, 0.05) is 11.3 Å². The van der Waals surface area contributed by atoms with Crippen molar-refractivity contribution < 1.29 is 4.79 Å². The van der Waals surface area contributed by atoms with Crippen molar-refractivity contribution in [3.63, 3.8) is 0 Å². The number of rotatable bonds is 4. The molecule has 0 fully saturated rings. The van der Waals surface area contributed by atoms with Crippen molar-refractivity contribution in [3.05, 3.63) is 61.4 Å². The van der Waals surface area contributed by atoms with Crippen LogP contribution in [-0.2, 0) is 17.8 Å². The summed E-state index contributed by atoms with van der Waals surface area (Å²) in [5.74, 6) is -0.301. The number of hydrogen-bond acceptors (Lipinski definition) is 5. The maximum Gasteiger partial charge on any atom is 0.325 e. The highest BCUT2D eigenvalue weighted by Crippen LogP contribution is 2.21. The van der Waals surface area contributed by atoms with Gasteiger partial charge in [-0.2, -0.15) is 0 Å². The molecule has 0 saturated heterocycles. The van der Waals surface area contributed by atoms with Gasteiger partial charge >= 0.3 is 5.69 Å². The Morgan fingerprint density at radius 3 is 2.78 bits per heavy atom. The fourth-order valence-electron chi connectivity index (χ4n) is 2.23. The number of hydrogen-bond donors (Lipinski definition) is 3. The minimum atomic E-state index is -0.578. The smallest absolute Gasteiger partial charge is 0.325 e. The SMILES string of the molecule is Cc1[nH]c(=O)[nH]c(=O)c1CC(=O)NCc1nc2ccccc2s1. The van der Waals surface area contributed by atoms with Gasteiger partial charge in [-0.3, -0.25) is 14.6 Å². The third-order valence-electron chi connectivity index (χ3n) is 3.37. The normalized spacial score (nSPS) is 10.8. The molecule has 0 unspecified atom stereocenters. The first-order valence-electron chi connectivity index (χ1n) is 6.96. The monoisotopic (exact) mass is 330 g/mol. The molecule has 8 heteroatoms. The number of aromatic amines is 2. The zero-order chi connectivity index (χ0) is 16.4. The van der Waals surface area contributed by atoms with Gasteiger partial charge in [-0.15, -0.1) is 11.3 Å². The number of fused-ring (bicyclic) bond motifs is 1. The molecule has 0 spiro atoms. The Morgan fingerprint density at radius 1 is 1.26 bits per heavy atom. The zero-order valence-electron chi connectivity index (χ0n) is 12.3. The number of para-hydroxylation sites is 1. The van der Waals surface area contributed by atoms with Crippen LogP contribution in [0.1, 0.15) is 16.3 Å². The van der Waals surface area contributed by atoms with Gasteiger partial charge in [0.15, 0.2) is 0 Å². The molecular formula is C15H14N4O3S. The first-order chi connectivity index (χ1) is 11.0. The van der Waals surface area contributed by atoms with Crippen LogP contribution in [0.25, 0.3) is 10.2 Å². The number of nitrogens with one attached hydrogen (secondary N) is 3. The number of carbonyl (C=O) groups is 1. The molecule has 0 saturated carbocycles. The first kappa shape index (κ1) is 15.2. The molecule has 2 heterocycles. The van der Waals surface area contributed by atoms with Crippen LogP contribution in [0.4, 0.5) is 0 Å². The minimum Gasteiger partial charge on any atom is -0.349 e. The Balaban J connectivity index is 1.68. The van der Waals surface area contributed by atoms with E-state index < -0.39 is 11.2 Å². The molecule has 23 heavy (non-hydrogen) atoms. The van der Waals surface area contributed by atoms with Crippen LogP contribution in [0.15, 0.2) is 33.9 Å². The summed E-state index contributed by atoms with van der Waals surface area (Å²) >= 11 is 1.51. The first-order valence-corrected chi connectivity index (χ1v) is 7.78. The van der Waals surface area contributed by atoms with Gasteiger partial charge in [0.1, 0.15) is 5.01 Å². The predicted octanol–water partition coefficient (Wildman–Crippen LogP) is 0.840. The molecule has 0 aliphatic heterocycles. The quantitative estimate of drug-likeness (QED) is 0.659. The molecular weight excluding hydrogens is 316 g/mol. The molecule has 3 aromatic rings. The highest BCUT2D eigenvalue weighted by Gasteiger charge is 2.12. The van der Waals surface area contributed by atoms with Crippen molar-refractivity contribution in [1.82, 2.24) is 20.3 Å². The number of carbonyl (C=O) groups excluding carboxylic acids is 1. The largest absolute Gasteiger partial charge is 0.349 e. The van der Waals surface area contributed by atoms with E-state index in [1.54, 1.807) is 6.92 Å². The number of amides is 1. The van der Waals surface area contributed by atoms with Gasteiger partial charge < -0.3 is 10.3 Å². The third kappa shape index (κ3) is 3.37. The summed E-state index contributed by atoms with van der Waals surface area (Å²) in [4.78, 5) is 43.9. The van der Waals surface area contributed by atoms with Gasteiger partial charge in [0.25, 0.3) is 5.56 Å². The lowest BCUT2D eigenvalue weighted by atomic mass is 10.1. The van der Waals surface area contributed by atoms with Crippen molar-refractivity contribution in [2.45, 2.75) is 19.9 Å². The van der Waals surface area contributed by atoms with Crippen LogP contribution in [0, 0.1) is 6.92 Å². The number of nitrogens with zero attached hydrogens (tertiary/aromatic N) is 1. The average molecular weight is 330 g/mol. The predicted molar refractivity (Wildman–Crippen MR) is 87.6 cm³/mol. The van der Waals surface area contributed by atoms with Crippen molar-refractivity contribution in [2.75, 3.05) is 0 Å². The molecule has 0 radical (unpaired) electrons. The van der Waals surface area contributed by atoms with E-state index in [4.69, 9.17) is 0 Å². The maximum absolute atomic E-state index is 12.0. The van der Waals surface area contributed by atoms with Crippen LogP contribution < -0.4 is 16.6 Å². The van der Waals surface area contributed by atoms with E-state index in [0.717, 1.165) is 15.2 Å². The van der Waals surface area contributed by atoms with E-state index in [0.29, 0.717) is 12.2 Å². The second-order valence-corrected chi connectivity index (χ2v) is 6.16. The van der Waals surface area contributed by atoms with E-state index >= 15 is 0 Å². The number of thiazole rings is 1. The van der Waals surface area contributed by atoms with E-state index in [1.165, 1.54) is 11.3 Å². The van der Waals surface area contributed by atoms with E-state index in [9.17, 15) is 14.4 Å². The van der Waals surface area contributed by atoms with Crippen LogP contribution in [-0.4, -0.2) is 20.9 Å². The van der Waals surface area contributed by atoms with Crippen LogP contribution >= 0.6 is 11.3 Å².